The lowest BCUT2D eigenvalue weighted by Gasteiger charge is -2.13. The summed E-state index contributed by atoms with van der Waals surface area (Å²) >= 11 is 6.08. The zero-order valence-corrected chi connectivity index (χ0v) is 17.7. The Hall–Kier alpha value is -3.23. The number of amides is 1. The maximum absolute atomic E-state index is 13.5. The van der Waals surface area contributed by atoms with Crippen LogP contribution in [0.1, 0.15) is 28.8 Å². The van der Waals surface area contributed by atoms with Crippen LogP contribution in [0.3, 0.4) is 0 Å². The van der Waals surface area contributed by atoms with Gasteiger partial charge in [-0.05, 0) is 62.7 Å². The molecule has 0 saturated carbocycles. The molecule has 2 aromatic carbocycles. The maximum atomic E-state index is 13.5. The minimum atomic E-state index is -0.706. The Morgan fingerprint density at radius 3 is 2.48 bits per heavy atom. The Morgan fingerprint density at radius 2 is 1.90 bits per heavy atom. The Balaban J connectivity index is 0.000000478. The Morgan fingerprint density at radius 1 is 1.23 bits per heavy atom. The molecular weight excluding hydrogens is 421 g/mol. The maximum Gasteiger partial charge on any atom is 0.273 e. The average Bonchev–Trinajstić information content (AvgIpc) is 3.30. The predicted molar refractivity (Wildman–Crippen MR) is 120 cm³/mol. The van der Waals surface area contributed by atoms with E-state index in [9.17, 15) is 14.0 Å². The van der Waals surface area contributed by atoms with Crippen molar-refractivity contribution in [2.75, 3.05) is 24.1 Å². The highest BCUT2D eigenvalue weighted by atomic mass is 35.5. The number of hydrogen-bond acceptors (Lipinski definition) is 5. The van der Waals surface area contributed by atoms with Crippen LogP contribution in [0.4, 0.5) is 15.9 Å². The van der Waals surface area contributed by atoms with Gasteiger partial charge >= 0.3 is 0 Å². The molecule has 7 nitrogen and oxygen atoms in total. The number of nitrogens with zero attached hydrogens (tertiary/aromatic N) is 2. The molecule has 0 bridgehead atoms. The van der Waals surface area contributed by atoms with Gasteiger partial charge in [-0.25, -0.2) is 9.37 Å². The van der Waals surface area contributed by atoms with Crippen molar-refractivity contribution in [2.45, 2.75) is 19.8 Å². The lowest BCUT2D eigenvalue weighted by Crippen LogP contribution is -2.31. The summed E-state index contributed by atoms with van der Waals surface area (Å²) < 4.78 is 14.5. The van der Waals surface area contributed by atoms with Gasteiger partial charge in [0.1, 0.15) is 23.5 Å². The molecular formula is C22H23ClFN5O2. The molecule has 2 heterocycles. The van der Waals surface area contributed by atoms with Gasteiger partial charge < -0.3 is 16.4 Å². The molecule has 4 rings (SSSR count). The minimum absolute atomic E-state index is 0.0191. The summed E-state index contributed by atoms with van der Waals surface area (Å²) in [4.78, 5) is 29.3. The first-order valence-electron chi connectivity index (χ1n) is 9.78. The van der Waals surface area contributed by atoms with Crippen molar-refractivity contribution in [3.63, 3.8) is 0 Å². The summed E-state index contributed by atoms with van der Waals surface area (Å²) in [6.07, 6.45) is 3.93. The van der Waals surface area contributed by atoms with Gasteiger partial charge in [-0.3, -0.25) is 14.2 Å². The molecule has 1 aliphatic rings. The lowest BCUT2D eigenvalue weighted by atomic mass is 10.2. The summed E-state index contributed by atoms with van der Waals surface area (Å²) in [6.45, 7) is 4.09. The standard InChI is InChI=1S/C18H14ClFN4O2.C4H9N/c1-10-7-11(20)8-13(19)15(10)24-9-22-16(21)14(18(24)26)17(25)23-12-5-3-2-4-6-12;1-2-4-5-3-1/h2-9H,21H2,1H3,(H,23,25);5H,1-4H2. The quantitative estimate of drug-likeness (QED) is 0.574. The second-order valence-electron chi connectivity index (χ2n) is 7.01. The van der Waals surface area contributed by atoms with Crippen molar-refractivity contribution in [1.29, 1.82) is 0 Å². The number of para-hydroxylation sites is 1. The molecule has 0 radical (unpaired) electrons. The van der Waals surface area contributed by atoms with Crippen LogP contribution in [0.15, 0.2) is 53.6 Å². The minimum Gasteiger partial charge on any atom is -0.383 e. The zero-order valence-electron chi connectivity index (χ0n) is 17.0. The highest BCUT2D eigenvalue weighted by molar-refractivity contribution is 6.32. The van der Waals surface area contributed by atoms with Crippen LogP contribution in [-0.4, -0.2) is 28.5 Å². The van der Waals surface area contributed by atoms with Crippen molar-refractivity contribution in [3.05, 3.63) is 81.1 Å². The number of aromatic nitrogens is 2. The molecule has 1 aliphatic heterocycles. The van der Waals surface area contributed by atoms with E-state index < -0.39 is 17.3 Å². The van der Waals surface area contributed by atoms with Crippen molar-refractivity contribution in [3.8, 4) is 5.69 Å². The summed E-state index contributed by atoms with van der Waals surface area (Å²) in [5, 5.41) is 5.83. The number of rotatable bonds is 3. The molecule has 0 unspecified atom stereocenters. The fourth-order valence-electron chi connectivity index (χ4n) is 3.18. The lowest BCUT2D eigenvalue weighted by molar-refractivity contribution is 0.102. The number of carbonyl (C=O) groups is 1. The third-order valence-electron chi connectivity index (χ3n) is 4.68. The van der Waals surface area contributed by atoms with E-state index in [1.54, 1.807) is 37.3 Å². The Labute approximate surface area is 184 Å². The molecule has 1 fully saturated rings. The average molecular weight is 444 g/mol. The highest BCUT2D eigenvalue weighted by Crippen LogP contribution is 2.25. The monoisotopic (exact) mass is 443 g/mol. The van der Waals surface area contributed by atoms with E-state index in [0.29, 0.717) is 11.3 Å². The van der Waals surface area contributed by atoms with Crippen molar-refractivity contribution >= 4 is 29.0 Å². The smallest absolute Gasteiger partial charge is 0.273 e. The molecule has 9 heteroatoms. The van der Waals surface area contributed by atoms with Gasteiger partial charge in [-0.1, -0.05) is 29.8 Å². The van der Waals surface area contributed by atoms with Crippen molar-refractivity contribution in [1.82, 2.24) is 14.9 Å². The normalized spacial score (nSPS) is 12.7. The highest BCUT2D eigenvalue weighted by Gasteiger charge is 2.20. The molecule has 1 aromatic heterocycles. The number of aryl methyl sites for hydroxylation is 1. The molecule has 162 valence electrons. The molecule has 31 heavy (non-hydrogen) atoms. The molecule has 1 saturated heterocycles. The van der Waals surface area contributed by atoms with Gasteiger partial charge in [-0.2, -0.15) is 0 Å². The number of nitrogens with two attached hydrogens (primary N) is 1. The van der Waals surface area contributed by atoms with Gasteiger partial charge in [0.15, 0.2) is 0 Å². The van der Waals surface area contributed by atoms with E-state index in [1.807, 2.05) is 0 Å². The number of hydrogen-bond donors (Lipinski definition) is 3. The summed E-state index contributed by atoms with van der Waals surface area (Å²) in [5.41, 5.74) is 5.87. The fraction of sp³-hybridized carbons (Fsp3) is 0.227. The number of nitrogen functional groups attached to an aromatic ring is 1. The SMILES string of the molecule is C1CCNC1.Cc1cc(F)cc(Cl)c1-n1cnc(N)c(C(=O)Nc2ccccc2)c1=O. The molecule has 0 atom stereocenters. The first-order chi connectivity index (χ1) is 14.9. The van der Waals surface area contributed by atoms with E-state index in [0.717, 1.165) is 17.0 Å². The zero-order chi connectivity index (χ0) is 22.4. The first-order valence-corrected chi connectivity index (χ1v) is 10.2. The van der Waals surface area contributed by atoms with E-state index in [4.69, 9.17) is 17.3 Å². The van der Waals surface area contributed by atoms with E-state index in [1.165, 1.54) is 32.0 Å². The molecule has 1 amide bonds. The Bertz CT molecular complexity index is 1100. The predicted octanol–water partition coefficient (Wildman–Crippen LogP) is 3.54. The fourth-order valence-corrected chi connectivity index (χ4v) is 3.52. The van der Waals surface area contributed by atoms with E-state index >= 15 is 0 Å². The van der Waals surface area contributed by atoms with Gasteiger partial charge in [-0.15, -0.1) is 0 Å². The van der Waals surface area contributed by atoms with Crippen LogP contribution >= 0.6 is 11.6 Å². The Kier molecular flexibility index (Phi) is 7.38. The second kappa shape index (κ2) is 10.2. The number of nitrogens with one attached hydrogen (secondary N) is 2. The van der Waals surface area contributed by atoms with Crippen LogP contribution < -0.4 is 21.9 Å². The topological polar surface area (TPSA) is 102 Å². The van der Waals surface area contributed by atoms with Crippen LogP contribution in [0.25, 0.3) is 5.69 Å². The third kappa shape index (κ3) is 5.48. The number of benzene rings is 2. The van der Waals surface area contributed by atoms with Crippen molar-refractivity contribution < 1.29 is 9.18 Å². The van der Waals surface area contributed by atoms with Crippen LogP contribution in [-0.2, 0) is 0 Å². The van der Waals surface area contributed by atoms with Gasteiger partial charge in [0, 0.05) is 5.69 Å². The molecule has 3 aromatic rings. The van der Waals surface area contributed by atoms with Crippen LogP contribution in [0.2, 0.25) is 5.02 Å². The second-order valence-corrected chi connectivity index (χ2v) is 7.42. The van der Waals surface area contributed by atoms with Gasteiger partial charge in [0.2, 0.25) is 0 Å². The third-order valence-corrected chi connectivity index (χ3v) is 4.96. The van der Waals surface area contributed by atoms with Crippen LogP contribution in [0, 0.1) is 12.7 Å². The largest absolute Gasteiger partial charge is 0.383 e. The summed E-state index contributed by atoms with van der Waals surface area (Å²) in [7, 11) is 0. The van der Waals surface area contributed by atoms with E-state index in [2.05, 4.69) is 15.6 Å². The number of anilines is 2. The first kappa shape index (κ1) is 22.5. The molecule has 4 N–H and O–H groups in total. The van der Waals surface area contributed by atoms with E-state index in [-0.39, 0.29) is 22.1 Å². The number of carbonyl (C=O) groups excluding carboxylic acids is 1. The van der Waals surface area contributed by atoms with Gasteiger partial charge in [0.25, 0.3) is 11.5 Å². The van der Waals surface area contributed by atoms with Gasteiger partial charge in [0.05, 0.1) is 10.7 Å². The van der Waals surface area contributed by atoms with Crippen LogP contribution in [0.5, 0.6) is 0 Å². The molecule has 0 spiro atoms. The summed E-state index contributed by atoms with van der Waals surface area (Å²) in [5.74, 6) is -1.44. The number of halogens is 2. The summed E-state index contributed by atoms with van der Waals surface area (Å²) in [6, 6.07) is 10.9. The van der Waals surface area contributed by atoms with Crippen molar-refractivity contribution in [2.24, 2.45) is 0 Å². The molecule has 0 aliphatic carbocycles.